The number of ether oxygens (including phenoxy) is 7. The number of esters is 4. The van der Waals surface area contributed by atoms with E-state index in [9.17, 15) is 19.2 Å². The van der Waals surface area contributed by atoms with Crippen molar-refractivity contribution < 1.29 is 63.6 Å². The van der Waals surface area contributed by atoms with Gasteiger partial charge in [0.25, 0.3) is 3.79 Å². The van der Waals surface area contributed by atoms with Crippen molar-refractivity contribution in [1.29, 1.82) is 26.8 Å². The number of hydrogen-bond acceptors (Lipinski definition) is 25. The van der Waals surface area contributed by atoms with Gasteiger partial charge in [-0.25, -0.2) is 34.9 Å². The van der Waals surface area contributed by atoms with E-state index in [0.717, 1.165) is 6.42 Å². The number of nitrogens with one attached hydrogen (secondary N) is 2. The van der Waals surface area contributed by atoms with Crippen molar-refractivity contribution in [2.45, 2.75) is 67.4 Å². The number of nitrogens with two attached hydrogens (primary N) is 4. The molecule has 0 aliphatic carbocycles. The third kappa shape index (κ3) is 35.8. The van der Waals surface area contributed by atoms with Crippen molar-refractivity contribution in [3.63, 3.8) is 0 Å². The van der Waals surface area contributed by atoms with E-state index in [-0.39, 0.29) is 49.6 Å². The van der Waals surface area contributed by atoms with Gasteiger partial charge in [-0.2, -0.15) is 15.8 Å². The Morgan fingerprint density at radius 2 is 1.42 bits per heavy atom. The number of carbonyl (C=O) groups is 4. The van der Waals surface area contributed by atoms with E-state index in [2.05, 4.69) is 24.5 Å². The zero-order chi connectivity index (χ0) is 57.0. The summed E-state index contributed by atoms with van der Waals surface area (Å²) >= 11 is 30.8. The molecule has 0 fully saturated rings. The molecule has 0 saturated heterocycles. The minimum absolute atomic E-state index is 0. The molecule has 2 aromatic rings. The molecule has 3 rings (SSSR count). The summed E-state index contributed by atoms with van der Waals surface area (Å²) in [6.45, 7) is 10.1. The molecule has 0 radical (unpaired) electrons. The Morgan fingerprint density at radius 3 is 1.78 bits per heavy atom. The van der Waals surface area contributed by atoms with Crippen LogP contribution in [0.4, 0.5) is 5.82 Å². The van der Waals surface area contributed by atoms with Crippen molar-refractivity contribution in [3.8, 4) is 30.1 Å². The van der Waals surface area contributed by atoms with Crippen LogP contribution in [0.1, 0.15) is 59.2 Å². The predicted molar refractivity (Wildman–Crippen MR) is 267 cm³/mol. The molecule has 0 saturated carbocycles. The summed E-state index contributed by atoms with van der Waals surface area (Å²) in [4.78, 5) is 51.8. The van der Waals surface area contributed by atoms with Gasteiger partial charge in [0.15, 0.2) is 23.3 Å². The topological polar surface area (TPSA) is 436 Å². The third-order valence-electron chi connectivity index (χ3n) is 6.78. The fourth-order valence-corrected chi connectivity index (χ4v) is 4.04. The normalized spacial score (nSPS) is 11.3. The number of carbonyl (C=O) groups excluding carboxylic acids is 4. The molecule has 0 amide bonds. The first-order valence-corrected chi connectivity index (χ1v) is 21.8. The van der Waals surface area contributed by atoms with Crippen LogP contribution in [0, 0.1) is 57.0 Å². The van der Waals surface area contributed by atoms with Gasteiger partial charge in [-0.3, -0.25) is 9.79 Å². The quantitative estimate of drug-likeness (QED) is 0.0163. The van der Waals surface area contributed by atoms with E-state index >= 15 is 0 Å². The molecule has 0 bridgehead atoms. The number of aromatic nitrogens is 3. The Morgan fingerprint density at radius 1 is 0.903 bits per heavy atom. The smallest absolute Gasteiger partial charge is 0 e. The fourth-order valence-electron chi connectivity index (χ4n) is 3.75. The monoisotopic (exact) mass is 1140 g/mol. The SMILES string of the molecule is CCOC(=O)/C(C#N)=C(\N)C(Cl)(Cl)Cl.CCOC(=O)C1=C(N)CN=C1N.CCOC(=O)CC#N.CCOC(=O)c1c(N)nn2cccnc12.COC(C)CC(OC)OC.N#CC(Cl)(Cl)Cl.N=N.O=BC#CO.[HH]. The Hall–Kier alpha value is -6.24. The molecule has 1 atom stereocenters. The van der Waals surface area contributed by atoms with Crippen LogP contribution in [-0.2, 0) is 52.2 Å². The fraction of sp³-hybridized carbons (Fsp3) is 0.487. The van der Waals surface area contributed by atoms with Gasteiger partial charge >= 0.3 is 52.8 Å². The minimum Gasteiger partial charge on any atom is 0 e. The van der Waals surface area contributed by atoms with Gasteiger partial charge in [-0.1, -0.05) is 69.6 Å². The molecule has 33 heteroatoms. The minimum atomic E-state index is -1.99. The largest absolute Gasteiger partial charge is 0 e. The van der Waals surface area contributed by atoms with Crippen LogP contribution in [0.5, 0.6) is 0 Å². The molecule has 72 heavy (non-hydrogen) atoms. The van der Waals surface area contributed by atoms with Gasteiger partial charge in [0.2, 0.25) is 3.79 Å². The third-order valence-corrected chi connectivity index (χ3v) is 7.64. The zero-order valence-electron chi connectivity index (χ0n) is 40.0. The van der Waals surface area contributed by atoms with Crippen molar-refractivity contribution in [3.05, 3.63) is 46.6 Å². The number of amidine groups is 1. The summed E-state index contributed by atoms with van der Waals surface area (Å²) in [5, 5.41) is 35.7. The zero-order valence-corrected chi connectivity index (χ0v) is 44.5. The van der Waals surface area contributed by atoms with Crippen LogP contribution >= 0.6 is 69.6 Å². The molecule has 0 aromatic carbocycles. The van der Waals surface area contributed by atoms with E-state index in [1.165, 1.54) is 22.8 Å². The molecule has 2 aromatic heterocycles. The number of nitrogens with zero attached hydrogens (tertiary/aromatic N) is 7. The number of nitriles is 3. The molecule has 1 aliphatic heterocycles. The van der Waals surface area contributed by atoms with Crippen LogP contribution in [0.15, 0.2) is 46.0 Å². The number of methoxy groups -OCH3 is 3. The Kier molecular flexibility index (Phi) is 46.4. The van der Waals surface area contributed by atoms with Crippen molar-refractivity contribution in [2.24, 2.45) is 22.2 Å². The maximum Gasteiger partial charge on any atom is 0 e. The van der Waals surface area contributed by atoms with E-state index in [1.807, 2.05) is 6.92 Å². The Labute approximate surface area is 447 Å². The molecule has 26 nitrogen and oxygen atoms in total. The number of alkyl halides is 6. The molecule has 1 unspecified atom stereocenters. The molecule has 400 valence electrons. The van der Waals surface area contributed by atoms with E-state index in [0.29, 0.717) is 44.9 Å². The van der Waals surface area contributed by atoms with Gasteiger partial charge in [-0.15, -0.1) is 5.10 Å². The van der Waals surface area contributed by atoms with Crippen molar-refractivity contribution in [1.82, 2.24) is 14.6 Å². The molecule has 0 spiro atoms. The summed E-state index contributed by atoms with van der Waals surface area (Å²) in [6, 6.07) is 6.30. The predicted octanol–water partition coefficient (Wildman–Crippen LogP) is 4.82. The second kappa shape index (κ2) is 44.7. The number of aliphatic imine (C=N–C) groups is 1. The van der Waals surface area contributed by atoms with E-state index in [4.69, 9.17) is 153 Å². The second-order valence-corrected chi connectivity index (χ2v) is 16.2. The average molecular weight is 1140 g/mol. The number of hydrogen-bond donors (Lipinski definition) is 7. The van der Waals surface area contributed by atoms with Gasteiger partial charge in [0.05, 0.1) is 50.8 Å². The van der Waals surface area contributed by atoms with Gasteiger partial charge in [0, 0.05) is 47.3 Å². The van der Waals surface area contributed by atoms with Crippen LogP contribution < -0.4 is 22.9 Å². The van der Waals surface area contributed by atoms with Crippen LogP contribution in [0.25, 0.3) is 5.65 Å². The first kappa shape index (κ1) is 74.7. The van der Waals surface area contributed by atoms with E-state index < -0.39 is 42.7 Å². The van der Waals surface area contributed by atoms with Crippen LogP contribution in [-0.4, -0.2) is 131 Å². The van der Waals surface area contributed by atoms with Gasteiger partial charge < -0.3 is 56.1 Å². The number of rotatable bonds is 13. The molecule has 3 heterocycles. The van der Waals surface area contributed by atoms with Gasteiger partial charge in [0.1, 0.15) is 35.5 Å². The number of aliphatic hydroxyl groups excluding tert-OH is 1. The van der Waals surface area contributed by atoms with Gasteiger partial charge in [-0.05, 0) is 40.7 Å². The summed E-state index contributed by atoms with van der Waals surface area (Å²) in [7, 11) is 5.24. The number of halogens is 6. The molecular weight excluding hydrogens is 1080 g/mol. The first-order valence-electron chi connectivity index (χ1n) is 19.6. The first-order chi connectivity index (χ1) is 33.8. The maximum absolute atomic E-state index is 11.5. The van der Waals surface area contributed by atoms with Crippen molar-refractivity contribution >= 4 is 118 Å². The Bertz CT molecular complexity index is 2270. The molecule has 11 N–H and O–H groups in total. The maximum atomic E-state index is 11.5. The Balaban J connectivity index is -0.000000183. The van der Waals surface area contributed by atoms with E-state index in [1.54, 1.807) is 79.4 Å². The average Bonchev–Trinajstić information content (AvgIpc) is 3.86. The standard InChI is InChI=1S/C9H10N4O2.C7H7Cl3N2O2.C7H11N3O2.C7H16O3.C5H7NO2.C2HBO2.C2Cl3N.H2N2.H2/c1-2-15-9(14)6-7(10)12-13-5-3-4-11-8(6)13;1-2-14-6(13)4(3-11)5(12)7(8,9)10;1-2-12-7(11)5-4(8)3-10-6(5)9;1-6(8-2)5-7(9-3)10-4;1-2-8-5(7)3-4-6;4-2-1-3-5;3-2(4,5)1-6;1-2;/h3-5H,2H2,1H3,(H2,10,12);2,12H2,1H3;2-3,8H2,1H3,(H2,9,10);6-7H,5H2,1-4H3;2-3H2,1H3;4H;;1-2H;1H/b;5-4-;;;;;;;. The number of allylic oxidation sites excluding steroid dienone is 1. The van der Waals surface area contributed by atoms with Crippen molar-refractivity contribution in [2.75, 3.05) is 60.0 Å². The van der Waals surface area contributed by atoms with Crippen LogP contribution in [0.2, 0.25) is 0 Å². The number of nitrogen functional groups attached to an aromatic ring is 1. The molecular formula is C39H56BCl6N13O13. The summed E-state index contributed by atoms with van der Waals surface area (Å²) in [5.41, 5.74) is 32.1. The number of aliphatic hydroxyl groups is 1. The summed E-state index contributed by atoms with van der Waals surface area (Å²) < 4.78 is 40.3. The summed E-state index contributed by atoms with van der Waals surface area (Å²) in [6.07, 6.45) is 5.30. The number of fused-ring (bicyclic) bond motifs is 1. The second-order valence-electron chi connectivity index (χ2n) is 11.6. The number of anilines is 1. The molecule has 1 aliphatic rings. The van der Waals surface area contributed by atoms with Crippen LogP contribution in [0.3, 0.4) is 0 Å². The summed E-state index contributed by atoms with van der Waals surface area (Å²) in [5.74, 6) is -0.302.